The van der Waals surface area contributed by atoms with Crippen molar-refractivity contribution in [1.29, 1.82) is 0 Å². The molecule has 98 valence electrons. The Kier molecular flexibility index (Phi) is 4.10. The lowest BCUT2D eigenvalue weighted by Gasteiger charge is -2.20. The summed E-state index contributed by atoms with van der Waals surface area (Å²) in [6.07, 6.45) is -0.124. The summed E-state index contributed by atoms with van der Waals surface area (Å²) < 4.78 is 21.8. The van der Waals surface area contributed by atoms with Crippen LogP contribution >= 0.6 is 0 Å². The van der Waals surface area contributed by atoms with Crippen LogP contribution in [-0.2, 0) is 19.4 Å². The van der Waals surface area contributed by atoms with Crippen molar-refractivity contribution in [3.8, 4) is 0 Å². The maximum atomic E-state index is 11.6. The second kappa shape index (κ2) is 5.01. The van der Waals surface area contributed by atoms with E-state index in [4.69, 9.17) is 5.11 Å². The van der Waals surface area contributed by atoms with Crippen LogP contribution in [0.25, 0.3) is 0 Å². The van der Waals surface area contributed by atoms with E-state index < -0.39 is 33.9 Å². The number of carboxylic acid groups (broad SMARTS) is 1. The highest BCUT2D eigenvalue weighted by molar-refractivity contribution is 7.90. The van der Waals surface area contributed by atoms with Gasteiger partial charge in [-0.05, 0) is 0 Å². The van der Waals surface area contributed by atoms with Gasteiger partial charge < -0.3 is 15.1 Å². The molecule has 0 spiro atoms. The summed E-state index contributed by atoms with van der Waals surface area (Å²) in [6, 6.07) is -1.06. The smallest absolute Gasteiger partial charge is 0.326 e. The number of nitrogens with zero attached hydrogens (tertiary/aromatic N) is 1. The van der Waals surface area contributed by atoms with Gasteiger partial charge in [-0.1, -0.05) is 0 Å². The first-order chi connectivity index (χ1) is 7.70. The van der Waals surface area contributed by atoms with Crippen molar-refractivity contribution < 1.29 is 28.2 Å². The number of rotatable bonds is 4. The summed E-state index contributed by atoms with van der Waals surface area (Å²) in [5, 5.41) is 18.2. The normalized spacial score (nSPS) is 24.9. The number of sulfone groups is 1. The molecule has 0 aromatic carbocycles. The Morgan fingerprint density at radius 1 is 1.41 bits per heavy atom. The van der Waals surface area contributed by atoms with E-state index in [1.54, 1.807) is 0 Å². The maximum Gasteiger partial charge on any atom is 0.326 e. The minimum Gasteiger partial charge on any atom is -0.480 e. The molecule has 0 unspecified atom stereocenters. The number of hydrogen-bond donors (Lipinski definition) is 2. The fourth-order valence-electron chi connectivity index (χ4n) is 1.74. The summed E-state index contributed by atoms with van der Waals surface area (Å²) in [5.74, 6) is -2.06. The fraction of sp³-hybridized carbons (Fsp3) is 0.778. The number of carboxylic acids is 1. The molecule has 1 rings (SSSR count). The standard InChI is InChI=1S/C9H15NO6S/c1-17(15,16)3-2-8(12)10-5-6(11)4-7(10)9(13)14/h6-7,11H,2-5H2,1H3,(H,13,14)/t6-,7+/m1/s1. The summed E-state index contributed by atoms with van der Waals surface area (Å²) in [5.41, 5.74) is 0. The van der Waals surface area contributed by atoms with E-state index in [1.165, 1.54) is 0 Å². The quantitative estimate of drug-likeness (QED) is 0.637. The molecule has 1 aliphatic heterocycles. The molecular weight excluding hydrogens is 250 g/mol. The predicted molar refractivity (Wildman–Crippen MR) is 58.1 cm³/mol. The van der Waals surface area contributed by atoms with Gasteiger partial charge in [0.1, 0.15) is 15.9 Å². The molecule has 0 radical (unpaired) electrons. The molecule has 2 N–H and O–H groups in total. The van der Waals surface area contributed by atoms with E-state index in [0.29, 0.717) is 0 Å². The van der Waals surface area contributed by atoms with Gasteiger partial charge in [-0.2, -0.15) is 0 Å². The van der Waals surface area contributed by atoms with Crippen molar-refractivity contribution in [2.45, 2.75) is 25.0 Å². The lowest BCUT2D eigenvalue weighted by atomic mass is 10.2. The Morgan fingerprint density at radius 2 is 2.00 bits per heavy atom. The third kappa shape index (κ3) is 3.97. The van der Waals surface area contributed by atoms with Crippen molar-refractivity contribution in [3.05, 3.63) is 0 Å². The first-order valence-corrected chi connectivity index (χ1v) is 7.15. The monoisotopic (exact) mass is 265 g/mol. The van der Waals surface area contributed by atoms with Gasteiger partial charge >= 0.3 is 5.97 Å². The van der Waals surface area contributed by atoms with Gasteiger partial charge in [0.05, 0.1) is 11.9 Å². The Morgan fingerprint density at radius 3 is 2.47 bits per heavy atom. The van der Waals surface area contributed by atoms with E-state index >= 15 is 0 Å². The number of carbonyl (C=O) groups excluding carboxylic acids is 1. The zero-order chi connectivity index (χ0) is 13.2. The van der Waals surface area contributed by atoms with E-state index in [2.05, 4.69) is 0 Å². The Bertz CT molecular complexity index is 417. The molecule has 0 aliphatic carbocycles. The molecular formula is C9H15NO6S. The zero-order valence-electron chi connectivity index (χ0n) is 9.37. The van der Waals surface area contributed by atoms with Gasteiger partial charge in [0, 0.05) is 25.6 Å². The summed E-state index contributed by atoms with van der Waals surface area (Å²) in [4.78, 5) is 23.5. The molecule has 7 nitrogen and oxygen atoms in total. The summed E-state index contributed by atoms with van der Waals surface area (Å²) >= 11 is 0. The third-order valence-corrected chi connectivity index (χ3v) is 3.52. The predicted octanol–water partition coefficient (Wildman–Crippen LogP) is -1.53. The van der Waals surface area contributed by atoms with Crippen LogP contribution in [-0.4, -0.2) is 66.1 Å². The van der Waals surface area contributed by atoms with Crippen LogP contribution in [0.1, 0.15) is 12.8 Å². The summed E-state index contributed by atoms with van der Waals surface area (Å²) in [6.45, 7) is -0.0560. The maximum absolute atomic E-state index is 11.6. The first kappa shape index (κ1) is 13.9. The molecule has 17 heavy (non-hydrogen) atoms. The van der Waals surface area contributed by atoms with Crippen LogP contribution in [0.5, 0.6) is 0 Å². The van der Waals surface area contributed by atoms with Gasteiger partial charge in [0.25, 0.3) is 0 Å². The number of aliphatic hydroxyl groups excluding tert-OH is 1. The average molecular weight is 265 g/mol. The van der Waals surface area contributed by atoms with Gasteiger partial charge in [0.15, 0.2) is 0 Å². The lowest BCUT2D eigenvalue weighted by Crippen LogP contribution is -2.41. The van der Waals surface area contributed by atoms with Crippen LogP contribution in [0.2, 0.25) is 0 Å². The van der Waals surface area contributed by atoms with Gasteiger partial charge in [0.2, 0.25) is 5.91 Å². The van der Waals surface area contributed by atoms with Crippen molar-refractivity contribution in [1.82, 2.24) is 4.90 Å². The minimum absolute atomic E-state index is 0.0139. The number of hydrogen-bond acceptors (Lipinski definition) is 5. The molecule has 0 bridgehead atoms. The van der Waals surface area contributed by atoms with Crippen LogP contribution in [0.15, 0.2) is 0 Å². The third-order valence-electron chi connectivity index (χ3n) is 2.57. The molecule has 1 saturated heterocycles. The van der Waals surface area contributed by atoms with E-state index in [0.717, 1.165) is 11.2 Å². The van der Waals surface area contributed by atoms with E-state index in [-0.39, 0.29) is 25.1 Å². The molecule has 1 aliphatic rings. The highest BCUT2D eigenvalue weighted by Gasteiger charge is 2.38. The molecule has 1 heterocycles. The molecule has 8 heteroatoms. The number of carbonyl (C=O) groups is 2. The number of likely N-dealkylation sites (tertiary alicyclic amines) is 1. The minimum atomic E-state index is -3.26. The van der Waals surface area contributed by atoms with Crippen LogP contribution < -0.4 is 0 Å². The molecule has 0 saturated carbocycles. The summed E-state index contributed by atoms with van der Waals surface area (Å²) in [7, 11) is -3.26. The fourth-order valence-corrected chi connectivity index (χ4v) is 2.29. The molecule has 0 aromatic rings. The largest absolute Gasteiger partial charge is 0.480 e. The number of β-amino-alcohol motifs (C(OH)–C–C–N with tert-alkyl or cyclic N) is 1. The van der Waals surface area contributed by atoms with Crippen LogP contribution in [0.4, 0.5) is 0 Å². The number of aliphatic hydroxyl groups is 1. The first-order valence-electron chi connectivity index (χ1n) is 5.09. The SMILES string of the molecule is CS(=O)(=O)CCC(=O)N1C[C@H](O)C[C@H]1C(=O)O. The molecule has 2 atom stereocenters. The highest BCUT2D eigenvalue weighted by Crippen LogP contribution is 2.19. The van der Waals surface area contributed by atoms with Gasteiger partial charge in [-0.3, -0.25) is 4.79 Å². The van der Waals surface area contributed by atoms with Crippen molar-refractivity contribution in [3.63, 3.8) is 0 Å². The Balaban J connectivity index is 2.65. The average Bonchev–Trinajstić information content (AvgIpc) is 2.55. The molecule has 1 fully saturated rings. The zero-order valence-corrected chi connectivity index (χ0v) is 10.2. The van der Waals surface area contributed by atoms with Crippen molar-refractivity contribution in [2.24, 2.45) is 0 Å². The number of aliphatic carboxylic acids is 1. The Labute approximate surface area is 98.9 Å². The van der Waals surface area contributed by atoms with Crippen LogP contribution in [0.3, 0.4) is 0 Å². The van der Waals surface area contributed by atoms with Crippen LogP contribution in [0, 0.1) is 0 Å². The second-order valence-corrected chi connectivity index (χ2v) is 6.43. The Hall–Kier alpha value is -1.15. The number of amides is 1. The molecule has 1 amide bonds. The highest BCUT2D eigenvalue weighted by atomic mass is 32.2. The topological polar surface area (TPSA) is 112 Å². The van der Waals surface area contributed by atoms with Gasteiger partial charge in [-0.15, -0.1) is 0 Å². The van der Waals surface area contributed by atoms with Crippen molar-refractivity contribution in [2.75, 3.05) is 18.6 Å². The van der Waals surface area contributed by atoms with E-state index in [1.807, 2.05) is 0 Å². The van der Waals surface area contributed by atoms with Gasteiger partial charge in [-0.25, -0.2) is 13.2 Å². The van der Waals surface area contributed by atoms with E-state index in [9.17, 15) is 23.1 Å². The second-order valence-electron chi connectivity index (χ2n) is 4.17. The molecule has 0 aromatic heterocycles. The van der Waals surface area contributed by atoms with Crippen molar-refractivity contribution >= 4 is 21.7 Å². The lowest BCUT2D eigenvalue weighted by molar-refractivity contribution is -0.148.